The summed E-state index contributed by atoms with van der Waals surface area (Å²) in [5.74, 6) is 1.03. The van der Waals surface area contributed by atoms with Crippen molar-refractivity contribution in [3.63, 3.8) is 0 Å². The van der Waals surface area contributed by atoms with Crippen LogP contribution >= 0.6 is 11.8 Å². The van der Waals surface area contributed by atoms with E-state index in [1.165, 1.54) is 5.56 Å². The lowest BCUT2D eigenvalue weighted by Gasteiger charge is -2.15. The van der Waals surface area contributed by atoms with Gasteiger partial charge in [-0.3, -0.25) is 4.79 Å². The van der Waals surface area contributed by atoms with Crippen LogP contribution in [0.4, 0.5) is 0 Å². The van der Waals surface area contributed by atoms with Crippen molar-refractivity contribution in [2.24, 2.45) is 0 Å². The highest BCUT2D eigenvalue weighted by Crippen LogP contribution is 2.21. The Kier molecular flexibility index (Phi) is 4.55. The van der Waals surface area contributed by atoms with Crippen LogP contribution in [0.2, 0.25) is 0 Å². The Morgan fingerprint density at radius 2 is 1.86 bits per heavy atom. The van der Waals surface area contributed by atoms with E-state index in [0.29, 0.717) is 0 Å². The molecule has 4 heteroatoms. The van der Waals surface area contributed by atoms with Gasteiger partial charge in [0.15, 0.2) is 0 Å². The van der Waals surface area contributed by atoms with Crippen molar-refractivity contribution in [2.75, 3.05) is 13.1 Å². The zero-order chi connectivity index (χ0) is 14.5. The van der Waals surface area contributed by atoms with Crippen molar-refractivity contribution in [2.45, 2.75) is 23.6 Å². The van der Waals surface area contributed by atoms with Crippen molar-refractivity contribution < 1.29 is 4.79 Å². The zero-order valence-corrected chi connectivity index (χ0v) is 12.7. The number of hydrogen-bond donors (Lipinski definition) is 0. The van der Waals surface area contributed by atoms with E-state index in [1.54, 1.807) is 18.0 Å². The van der Waals surface area contributed by atoms with Gasteiger partial charge < -0.3 is 4.90 Å². The molecule has 3 nitrogen and oxygen atoms in total. The summed E-state index contributed by atoms with van der Waals surface area (Å²) in [7, 11) is 0. The molecule has 1 aliphatic heterocycles. The molecular formula is C17H18N2OS. The normalized spacial score (nSPS) is 14.4. The average Bonchev–Trinajstić information content (AvgIpc) is 3.08. The van der Waals surface area contributed by atoms with E-state index < -0.39 is 0 Å². The minimum atomic E-state index is 0.163. The molecule has 2 aromatic rings. The van der Waals surface area contributed by atoms with Gasteiger partial charge in [-0.1, -0.05) is 18.2 Å². The Balaban J connectivity index is 1.60. The summed E-state index contributed by atoms with van der Waals surface area (Å²) in [6.45, 7) is 1.80. The summed E-state index contributed by atoms with van der Waals surface area (Å²) in [6, 6.07) is 13.9. The van der Waals surface area contributed by atoms with Gasteiger partial charge in [-0.2, -0.15) is 0 Å². The van der Waals surface area contributed by atoms with Crippen LogP contribution in [0.3, 0.4) is 0 Å². The average molecular weight is 298 g/mol. The summed E-state index contributed by atoms with van der Waals surface area (Å²) in [5.41, 5.74) is 2.01. The van der Waals surface area contributed by atoms with Crippen LogP contribution in [0.1, 0.15) is 28.8 Å². The topological polar surface area (TPSA) is 33.2 Å². The molecule has 0 N–H and O–H groups in total. The fourth-order valence-electron chi connectivity index (χ4n) is 2.44. The van der Waals surface area contributed by atoms with Crippen molar-refractivity contribution in [1.82, 2.24) is 9.88 Å². The first kappa shape index (κ1) is 14.1. The number of pyridine rings is 1. The van der Waals surface area contributed by atoms with Gasteiger partial charge in [0.05, 0.1) is 5.03 Å². The Bertz CT molecular complexity index is 592. The minimum Gasteiger partial charge on any atom is -0.339 e. The van der Waals surface area contributed by atoms with Gasteiger partial charge in [0.25, 0.3) is 5.91 Å². The smallest absolute Gasteiger partial charge is 0.253 e. The number of likely N-dealkylation sites (tertiary alicyclic amines) is 1. The summed E-state index contributed by atoms with van der Waals surface area (Å²) < 4.78 is 0. The number of amides is 1. The van der Waals surface area contributed by atoms with E-state index in [0.717, 1.165) is 42.3 Å². The maximum absolute atomic E-state index is 12.2. The molecular weight excluding hydrogens is 280 g/mol. The van der Waals surface area contributed by atoms with Gasteiger partial charge >= 0.3 is 0 Å². The molecule has 1 aliphatic rings. The molecule has 1 amide bonds. The van der Waals surface area contributed by atoms with Crippen LogP contribution in [0.25, 0.3) is 0 Å². The van der Waals surface area contributed by atoms with E-state index in [2.05, 4.69) is 4.98 Å². The third-order valence-corrected chi connectivity index (χ3v) is 4.63. The molecule has 108 valence electrons. The van der Waals surface area contributed by atoms with Crippen molar-refractivity contribution in [1.29, 1.82) is 0 Å². The largest absolute Gasteiger partial charge is 0.339 e. The fourth-order valence-corrected chi connectivity index (χ4v) is 3.25. The van der Waals surface area contributed by atoms with Crippen LogP contribution in [-0.4, -0.2) is 28.9 Å². The lowest BCUT2D eigenvalue weighted by molar-refractivity contribution is 0.0793. The van der Waals surface area contributed by atoms with Crippen LogP contribution < -0.4 is 0 Å². The molecule has 0 spiro atoms. The van der Waals surface area contributed by atoms with Crippen LogP contribution in [0, 0.1) is 0 Å². The second-order valence-corrected chi connectivity index (χ2v) is 6.15. The first-order chi connectivity index (χ1) is 10.3. The molecule has 1 aromatic carbocycles. The Labute approximate surface area is 129 Å². The molecule has 1 fully saturated rings. The second-order valence-electron chi connectivity index (χ2n) is 5.15. The number of rotatable bonds is 4. The van der Waals surface area contributed by atoms with Gasteiger partial charge in [-0.15, -0.1) is 11.8 Å². The summed E-state index contributed by atoms with van der Waals surface area (Å²) in [6.07, 6.45) is 4.06. The summed E-state index contributed by atoms with van der Waals surface area (Å²) in [4.78, 5) is 18.5. The molecule has 0 bridgehead atoms. The van der Waals surface area contributed by atoms with E-state index >= 15 is 0 Å². The third-order valence-electron chi connectivity index (χ3n) is 3.62. The number of carbonyl (C=O) groups excluding carboxylic acids is 1. The first-order valence-corrected chi connectivity index (χ1v) is 8.23. The maximum Gasteiger partial charge on any atom is 0.253 e. The third kappa shape index (κ3) is 3.64. The highest BCUT2D eigenvalue weighted by atomic mass is 32.2. The summed E-state index contributed by atoms with van der Waals surface area (Å²) in [5, 5.41) is 1.02. The predicted molar refractivity (Wildman–Crippen MR) is 85.4 cm³/mol. The predicted octanol–water partition coefficient (Wildman–Crippen LogP) is 3.61. The van der Waals surface area contributed by atoms with Gasteiger partial charge in [-0.05, 0) is 42.7 Å². The molecule has 3 rings (SSSR count). The Hall–Kier alpha value is -1.81. The fraction of sp³-hybridized carbons (Fsp3) is 0.294. The number of hydrogen-bond acceptors (Lipinski definition) is 3. The lowest BCUT2D eigenvalue weighted by atomic mass is 10.1. The molecule has 0 radical (unpaired) electrons. The number of nitrogens with zero attached hydrogens (tertiary/aromatic N) is 2. The lowest BCUT2D eigenvalue weighted by Crippen LogP contribution is -2.27. The molecule has 0 atom stereocenters. The SMILES string of the molecule is O=C(c1ccc(CSc2ccccn2)cc1)N1CCCC1. The molecule has 21 heavy (non-hydrogen) atoms. The zero-order valence-electron chi connectivity index (χ0n) is 11.9. The van der Waals surface area contributed by atoms with Crippen LogP contribution in [0.15, 0.2) is 53.7 Å². The van der Waals surface area contributed by atoms with Crippen LogP contribution in [-0.2, 0) is 5.75 Å². The van der Waals surface area contributed by atoms with Gasteiger partial charge in [0, 0.05) is 30.6 Å². The first-order valence-electron chi connectivity index (χ1n) is 7.25. The van der Waals surface area contributed by atoms with E-state index in [1.807, 2.05) is 47.4 Å². The van der Waals surface area contributed by atoms with Gasteiger partial charge in [0.1, 0.15) is 0 Å². The van der Waals surface area contributed by atoms with E-state index in [-0.39, 0.29) is 5.91 Å². The highest BCUT2D eigenvalue weighted by Gasteiger charge is 2.18. The number of carbonyl (C=O) groups is 1. The van der Waals surface area contributed by atoms with E-state index in [4.69, 9.17) is 0 Å². The monoisotopic (exact) mass is 298 g/mol. The Morgan fingerprint density at radius 3 is 2.52 bits per heavy atom. The Morgan fingerprint density at radius 1 is 1.10 bits per heavy atom. The molecule has 1 saturated heterocycles. The molecule has 2 heterocycles. The van der Waals surface area contributed by atoms with E-state index in [9.17, 15) is 4.79 Å². The van der Waals surface area contributed by atoms with Crippen molar-refractivity contribution >= 4 is 17.7 Å². The highest BCUT2D eigenvalue weighted by molar-refractivity contribution is 7.98. The second kappa shape index (κ2) is 6.76. The minimum absolute atomic E-state index is 0.163. The van der Waals surface area contributed by atoms with Crippen LogP contribution in [0.5, 0.6) is 0 Å². The van der Waals surface area contributed by atoms with Gasteiger partial charge in [0.2, 0.25) is 0 Å². The number of aromatic nitrogens is 1. The standard InChI is InChI=1S/C17H18N2OS/c20-17(19-11-3-4-12-19)15-8-6-14(7-9-15)13-21-16-5-1-2-10-18-16/h1-2,5-10H,3-4,11-13H2. The molecule has 0 saturated carbocycles. The van der Waals surface area contributed by atoms with Crippen molar-refractivity contribution in [3.05, 3.63) is 59.8 Å². The number of thioether (sulfide) groups is 1. The summed E-state index contributed by atoms with van der Waals surface area (Å²) >= 11 is 1.71. The van der Waals surface area contributed by atoms with Gasteiger partial charge in [-0.25, -0.2) is 4.98 Å². The maximum atomic E-state index is 12.2. The molecule has 0 unspecified atom stereocenters. The molecule has 0 aliphatic carbocycles. The quantitative estimate of drug-likeness (QED) is 0.808. The number of benzene rings is 1. The van der Waals surface area contributed by atoms with Crippen molar-refractivity contribution in [3.8, 4) is 0 Å². The molecule has 1 aromatic heterocycles.